The normalized spacial score (nSPS) is 21.8. The first kappa shape index (κ1) is 27.4. The largest absolute Gasteiger partial charge is 0.390 e. The van der Waals surface area contributed by atoms with Gasteiger partial charge in [0.25, 0.3) is 5.91 Å². The number of nitrogens with one attached hydrogen (secondary N) is 1. The Balaban J connectivity index is 1.17. The summed E-state index contributed by atoms with van der Waals surface area (Å²) in [4.78, 5) is 40.9. The predicted molar refractivity (Wildman–Crippen MR) is 157 cm³/mol. The van der Waals surface area contributed by atoms with E-state index in [0.717, 1.165) is 37.9 Å². The average molecular weight is 555 g/mol. The fraction of sp³-hybridized carbons (Fsp3) is 0.438. The van der Waals surface area contributed by atoms with Gasteiger partial charge in [-0.05, 0) is 36.8 Å². The molecule has 0 unspecified atom stereocenters. The molecule has 4 heterocycles. The first-order valence-corrected chi connectivity index (χ1v) is 14.7. The van der Waals surface area contributed by atoms with E-state index < -0.39 is 6.10 Å². The van der Waals surface area contributed by atoms with E-state index >= 15 is 0 Å². The van der Waals surface area contributed by atoms with Gasteiger partial charge in [0.2, 0.25) is 5.91 Å². The maximum Gasteiger partial charge on any atom is 0.272 e. The second-order valence-corrected chi connectivity index (χ2v) is 11.4. The molecule has 0 saturated carbocycles. The number of amides is 2. The molecule has 2 saturated heterocycles. The van der Waals surface area contributed by atoms with Crippen LogP contribution in [0.5, 0.6) is 0 Å². The Hall–Kier alpha value is -3.82. The first-order valence-electron chi connectivity index (χ1n) is 14.7. The number of aromatic nitrogens is 2. The second-order valence-electron chi connectivity index (χ2n) is 11.4. The number of rotatable bonds is 5. The van der Waals surface area contributed by atoms with E-state index in [1.54, 1.807) is 17.9 Å². The van der Waals surface area contributed by atoms with Crippen LogP contribution in [-0.4, -0.2) is 92.5 Å². The molecule has 3 aliphatic heterocycles. The molecule has 2 N–H and O–H groups in total. The Kier molecular flexibility index (Phi) is 7.98. The third kappa shape index (κ3) is 6.11. The van der Waals surface area contributed by atoms with E-state index in [1.165, 1.54) is 11.1 Å². The number of β-amino-alcohol motifs (C(OH)–C–C–N with tert-alkyl or cyclic N) is 1. The van der Waals surface area contributed by atoms with Crippen molar-refractivity contribution in [3.05, 3.63) is 77.5 Å². The molecule has 3 aliphatic rings. The molecule has 41 heavy (non-hydrogen) atoms. The molecule has 0 radical (unpaired) electrons. The van der Waals surface area contributed by atoms with Gasteiger partial charge < -0.3 is 20.2 Å². The van der Waals surface area contributed by atoms with Gasteiger partial charge in [-0.25, -0.2) is 9.97 Å². The minimum atomic E-state index is -0.627. The molecule has 0 spiro atoms. The second kappa shape index (κ2) is 12.0. The van der Waals surface area contributed by atoms with Gasteiger partial charge in [0, 0.05) is 69.9 Å². The standard InChI is InChI=1S/C32H38N6O3/c1-22(39)36-16-12-26(13-17-36)33-30-19-27(34-31(35-30)24-8-3-2-4-9-24)32(41)38-18-14-28(29(40)21-38)37-15-11-23-7-5-6-10-25(23)20-37/h2-10,19,26,28-29,40H,11-18,20-21H2,1H3,(H,33,34,35)/t28-,29-/m1/s1. The number of piperidine rings is 2. The van der Waals surface area contributed by atoms with Crippen LogP contribution in [0, 0.1) is 0 Å². The quantitative estimate of drug-likeness (QED) is 0.500. The summed E-state index contributed by atoms with van der Waals surface area (Å²) >= 11 is 0. The number of likely N-dealkylation sites (tertiary alicyclic amines) is 2. The monoisotopic (exact) mass is 554 g/mol. The lowest BCUT2D eigenvalue weighted by Gasteiger charge is -2.43. The summed E-state index contributed by atoms with van der Waals surface area (Å²) in [5, 5.41) is 14.7. The summed E-state index contributed by atoms with van der Waals surface area (Å²) in [6, 6.07) is 20.1. The number of aliphatic hydroxyl groups is 1. The smallest absolute Gasteiger partial charge is 0.272 e. The summed E-state index contributed by atoms with van der Waals surface area (Å²) in [6.07, 6.45) is 2.69. The Labute approximate surface area is 241 Å². The Bertz CT molecular complexity index is 1390. The molecule has 2 atom stereocenters. The number of aliphatic hydroxyl groups excluding tert-OH is 1. The molecular weight excluding hydrogens is 516 g/mol. The first-order chi connectivity index (χ1) is 19.9. The van der Waals surface area contributed by atoms with Crippen molar-refractivity contribution in [2.24, 2.45) is 0 Å². The van der Waals surface area contributed by atoms with Gasteiger partial charge in [0.15, 0.2) is 5.82 Å². The summed E-state index contributed by atoms with van der Waals surface area (Å²) < 4.78 is 0. The fourth-order valence-electron chi connectivity index (χ4n) is 6.39. The maximum atomic E-state index is 13.8. The summed E-state index contributed by atoms with van der Waals surface area (Å²) in [7, 11) is 0. The molecule has 2 fully saturated rings. The lowest BCUT2D eigenvalue weighted by Crippen LogP contribution is -2.56. The van der Waals surface area contributed by atoms with Crippen LogP contribution in [0.15, 0.2) is 60.7 Å². The van der Waals surface area contributed by atoms with Gasteiger partial charge in [0.05, 0.1) is 6.10 Å². The molecular formula is C32H38N6O3. The van der Waals surface area contributed by atoms with E-state index in [0.29, 0.717) is 43.4 Å². The van der Waals surface area contributed by atoms with Gasteiger partial charge in [-0.15, -0.1) is 0 Å². The van der Waals surface area contributed by atoms with E-state index in [-0.39, 0.29) is 30.4 Å². The lowest BCUT2D eigenvalue weighted by atomic mass is 9.94. The zero-order valence-corrected chi connectivity index (χ0v) is 23.6. The van der Waals surface area contributed by atoms with Crippen molar-refractivity contribution in [1.82, 2.24) is 24.7 Å². The Morgan fingerprint density at radius 2 is 1.59 bits per heavy atom. The number of fused-ring (bicyclic) bond motifs is 1. The van der Waals surface area contributed by atoms with Gasteiger partial charge in [0.1, 0.15) is 11.5 Å². The Morgan fingerprint density at radius 3 is 2.32 bits per heavy atom. The van der Waals surface area contributed by atoms with E-state index in [1.807, 2.05) is 35.2 Å². The highest BCUT2D eigenvalue weighted by Gasteiger charge is 2.36. The molecule has 0 aliphatic carbocycles. The molecule has 6 rings (SSSR count). The zero-order valence-electron chi connectivity index (χ0n) is 23.6. The molecule has 9 heteroatoms. The summed E-state index contributed by atoms with van der Waals surface area (Å²) in [5.41, 5.74) is 3.87. The topological polar surface area (TPSA) is 102 Å². The number of nitrogens with zero attached hydrogens (tertiary/aromatic N) is 5. The number of benzene rings is 2. The Morgan fingerprint density at radius 1 is 0.878 bits per heavy atom. The summed E-state index contributed by atoms with van der Waals surface area (Å²) in [5.74, 6) is 0.995. The number of carbonyl (C=O) groups excluding carboxylic acids is 2. The van der Waals surface area contributed by atoms with Crippen LogP contribution < -0.4 is 5.32 Å². The van der Waals surface area contributed by atoms with Crippen molar-refractivity contribution in [3.63, 3.8) is 0 Å². The van der Waals surface area contributed by atoms with Gasteiger partial charge in [-0.3, -0.25) is 14.5 Å². The van der Waals surface area contributed by atoms with Crippen LogP contribution in [0.1, 0.15) is 47.8 Å². The van der Waals surface area contributed by atoms with Gasteiger partial charge in [-0.1, -0.05) is 54.6 Å². The van der Waals surface area contributed by atoms with Gasteiger partial charge >= 0.3 is 0 Å². The van der Waals surface area contributed by atoms with Crippen molar-refractivity contribution < 1.29 is 14.7 Å². The van der Waals surface area contributed by atoms with Crippen molar-refractivity contribution in [3.8, 4) is 11.4 Å². The van der Waals surface area contributed by atoms with Crippen LogP contribution >= 0.6 is 0 Å². The predicted octanol–water partition coefficient (Wildman–Crippen LogP) is 3.20. The van der Waals surface area contributed by atoms with E-state index in [4.69, 9.17) is 4.98 Å². The molecule has 0 bridgehead atoms. The van der Waals surface area contributed by atoms with Crippen LogP contribution in [0.2, 0.25) is 0 Å². The molecule has 2 aromatic carbocycles. The van der Waals surface area contributed by atoms with Crippen LogP contribution in [0.4, 0.5) is 5.82 Å². The number of hydrogen-bond donors (Lipinski definition) is 2. The van der Waals surface area contributed by atoms with Crippen molar-refractivity contribution in [2.45, 2.75) is 57.3 Å². The lowest BCUT2D eigenvalue weighted by molar-refractivity contribution is -0.129. The van der Waals surface area contributed by atoms with E-state index in [2.05, 4.69) is 39.5 Å². The SMILES string of the molecule is CC(=O)N1CCC(Nc2cc(C(=O)N3CC[C@@H](N4CCc5ccccc5C4)[C@H](O)C3)nc(-c3ccccc3)n2)CC1. The third-order valence-corrected chi connectivity index (χ3v) is 8.73. The average Bonchev–Trinajstić information content (AvgIpc) is 3.01. The van der Waals surface area contributed by atoms with Gasteiger partial charge in [-0.2, -0.15) is 0 Å². The van der Waals surface area contributed by atoms with Crippen molar-refractivity contribution >= 4 is 17.6 Å². The number of hydrogen-bond acceptors (Lipinski definition) is 7. The van der Waals surface area contributed by atoms with E-state index in [9.17, 15) is 14.7 Å². The molecule has 1 aromatic heterocycles. The molecule has 214 valence electrons. The molecule has 9 nitrogen and oxygen atoms in total. The highest BCUT2D eigenvalue weighted by molar-refractivity contribution is 5.93. The maximum absolute atomic E-state index is 13.8. The molecule has 3 aromatic rings. The zero-order chi connectivity index (χ0) is 28.3. The molecule has 2 amide bonds. The highest BCUT2D eigenvalue weighted by Crippen LogP contribution is 2.27. The van der Waals surface area contributed by atoms with Crippen LogP contribution in [-0.2, 0) is 17.8 Å². The third-order valence-electron chi connectivity index (χ3n) is 8.73. The van der Waals surface area contributed by atoms with Crippen LogP contribution in [0.25, 0.3) is 11.4 Å². The number of anilines is 1. The highest BCUT2D eigenvalue weighted by atomic mass is 16.3. The minimum Gasteiger partial charge on any atom is -0.390 e. The van der Waals surface area contributed by atoms with Crippen LogP contribution in [0.3, 0.4) is 0 Å². The minimum absolute atomic E-state index is 0.0239. The van der Waals surface area contributed by atoms with Crippen molar-refractivity contribution in [2.75, 3.05) is 38.0 Å². The summed E-state index contributed by atoms with van der Waals surface area (Å²) in [6.45, 7) is 5.59. The number of carbonyl (C=O) groups is 2. The van der Waals surface area contributed by atoms with Crippen molar-refractivity contribution in [1.29, 1.82) is 0 Å². The fourth-order valence-corrected chi connectivity index (χ4v) is 6.39.